The third kappa shape index (κ3) is 3.66. The highest BCUT2D eigenvalue weighted by atomic mass is 32.1. The topological polar surface area (TPSA) is 42.0 Å². The number of rotatable bonds is 4. The first-order valence-electron chi connectivity index (χ1n) is 7.49. The van der Waals surface area contributed by atoms with Gasteiger partial charge in [-0.15, -0.1) is 11.3 Å². The van der Waals surface area contributed by atoms with Gasteiger partial charge in [-0.2, -0.15) is 0 Å². The van der Waals surface area contributed by atoms with Gasteiger partial charge < -0.3 is 5.32 Å². The Morgan fingerprint density at radius 3 is 2.65 bits per heavy atom. The van der Waals surface area contributed by atoms with Gasteiger partial charge in [-0.3, -0.25) is 4.79 Å². The maximum atomic E-state index is 12.3. The molecule has 23 heavy (non-hydrogen) atoms. The molecule has 1 N–H and O–H groups in total. The fourth-order valence-electron chi connectivity index (χ4n) is 2.40. The Morgan fingerprint density at radius 2 is 1.91 bits per heavy atom. The summed E-state index contributed by atoms with van der Waals surface area (Å²) in [5.74, 6) is -0.0790. The number of thiazole rings is 1. The lowest BCUT2D eigenvalue weighted by Crippen LogP contribution is -2.22. The standard InChI is InChI=1S/C19H18N2OS/c1-13-8-9-16(14(2)10-13)11-20-18(22)17-12-21-19(23-17)15-6-4-3-5-7-15/h3-10,12H,11H2,1-2H3,(H,20,22). The summed E-state index contributed by atoms with van der Waals surface area (Å²) < 4.78 is 0. The summed E-state index contributed by atoms with van der Waals surface area (Å²) in [5.41, 5.74) is 4.59. The minimum absolute atomic E-state index is 0.0790. The largest absolute Gasteiger partial charge is 0.347 e. The van der Waals surface area contributed by atoms with Gasteiger partial charge in [0.1, 0.15) is 9.88 Å². The molecule has 0 fully saturated rings. The summed E-state index contributed by atoms with van der Waals surface area (Å²) in [7, 11) is 0. The van der Waals surface area contributed by atoms with Crippen LogP contribution in [0.1, 0.15) is 26.4 Å². The fourth-order valence-corrected chi connectivity index (χ4v) is 3.24. The number of aryl methyl sites for hydroxylation is 2. The number of aromatic nitrogens is 1. The molecule has 0 unspecified atom stereocenters. The SMILES string of the molecule is Cc1ccc(CNC(=O)c2cnc(-c3ccccc3)s2)c(C)c1. The molecule has 0 atom stereocenters. The lowest BCUT2D eigenvalue weighted by atomic mass is 10.1. The second-order valence-electron chi connectivity index (χ2n) is 5.51. The van der Waals surface area contributed by atoms with Crippen molar-refractivity contribution in [3.05, 3.63) is 76.3 Å². The summed E-state index contributed by atoms with van der Waals surface area (Å²) in [5, 5.41) is 3.84. The molecular formula is C19H18N2OS. The van der Waals surface area contributed by atoms with E-state index < -0.39 is 0 Å². The van der Waals surface area contributed by atoms with Crippen molar-refractivity contribution in [3.63, 3.8) is 0 Å². The molecule has 116 valence electrons. The van der Waals surface area contributed by atoms with Gasteiger partial charge in [-0.05, 0) is 25.0 Å². The minimum Gasteiger partial charge on any atom is -0.347 e. The van der Waals surface area contributed by atoms with Crippen LogP contribution < -0.4 is 5.32 Å². The summed E-state index contributed by atoms with van der Waals surface area (Å²) in [6, 6.07) is 16.2. The Balaban J connectivity index is 1.68. The van der Waals surface area contributed by atoms with E-state index in [1.54, 1.807) is 6.20 Å². The van der Waals surface area contributed by atoms with Gasteiger partial charge in [0.05, 0.1) is 6.20 Å². The maximum Gasteiger partial charge on any atom is 0.263 e. The smallest absolute Gasteiger partial charge is 0.263 e. The predicted octanol–water partition coefficient (Wildman–Crippen LogP) is 4.36. The minimum atomic E-state index is -0.0790. The highest BCUT2D eigenvalue weighted by Gasteiger charge is 2.11. The zero-order chi connectivity index (χ0) is 16.2. The summed E-state index contributed by atoms with van der Waals surface area (Å²) in [6.45, 7) is 4.66. The molecule has 1 heterocycles. The van der Waals surface area contributed by atoms with E-state index in [0.29, 0.717) is 11.4 Å². The molecule has 0 radical (unpaired) electrons. The number of amides is 1. The molecule has 0 aliphatic rings. The monoisotopic (exact) mass is 322 g/mol. The first-order chi connectivity index (χ1) is 11.1. The molecule has 3 nitrogen and oxygen atoms in total. The van der Waals surface area contributed by atoms with Crippen molar-refractivity contribution in [1.29, 1.82) is 0 Å². The molecule has 2 aromatic carbocycles. The van der Waals surface area contributed by atoms with Crippen LogP contribution in [0.25, 0.3) is 10.6 Å². The van der Waals surface area contributed by atoms with E-state index in [-0.39, 0.29) is 5.91 Å². The Hall–Kier alpha value is -2.46. The molecule has 3 aromatic rings. The lowest BCUT2D eigenvalue weighted by molar-refractivity contribution is 0.0954. The van der Waals surface area contributed by atoms with Crippen molar-refractivity contribution in [1.82, 2.24) is 10.3 Å². The number of nitrogens with zero attached hydrogens (tertiary/aromatic N) is 1. The number of carbonyl (C=O) groups excluding carboxylic acids is 1. The molecule has 0 aliphatic carbocycles. The molecule has 4 heteroatoms. The first-order valence-corrected chi connectivity index (χ1v) is 8.31. The van der Waals surface area contributed by atoms with Crippen LogP contribution in [0.2, 0.25) is 0 Å². The van der Waals surface area contributed by atoms with Crippen LogP contribution in [0.3, 0.4) is 0 Å². The van der Waals surface area contributed by atoms with E-state index in [1.807, 2.05) is 30.3 Å². The van der Waals surface area contributed by atoms with Crippen molar-refractivity contribution in [2.75, 3.05) is 0 Å². The Bertz CT molecular complexity index is 824. The van der Waals surface area contributed by atoms with E-state index in [1.165, 1.54) is 22.5 Å². The Kier molecular flexibility index (Phi) is 4.53. The van der Waals surface area contributed by atoms with Gasteiger partial charge in [0.15, 0.2) is 0 Å². The van der Waals surface area contributed by atoms with E-state index in [0.717, 1.165) is 16.1 Å². The summed E-state index contributed by atoms with van der Waals surface area (Å²) >= 11 is 1.41. The van der Waals surface area contributed by atoms with Crippen molar-refractivity contribution in [3.8, 4) is 10.6 Å². The average molecular weight is 322 g/mol. The molecular weight excluding hydrogens is 304 g/mol. The van der Waals surface area contributed by atoms with Gasteiger partial charge in [-0.25, -0.2) is 4.98 Å². The zero-order valence-corrected chi connectivity index (χ0v) is 14.0. The maximum absolute atomic E-state index is 12.3. The van der Waals surface area contributed by atoms with Crippen LogP contribution in [0.4, 0.5) is 0 Å². The van der Waals surface area contributed by atoms with Crippen LogP contribution in [0, 0.1) is 13.8 Å². The van der Waals surface area contributed by atoms with E-state index >= 15 is 0 Å². The van der Waals surface area contributed by atoms with Gasteiger partial charge in [0.25, 0.3) is 5.91 Å². The van der Waals surface area contributed by atoms with Crippen LogP contribution in [0.15, 0.2) is 54.7 Å². The molecule has 0 saturated heterocycles. The highest BCUT2D eigenvalue weighted by Crippen LogP contribution is 2.24. The number of hydrogen-bond donors (Lipinski definition) is 1. The number of benzene rings is 2. The second kappa shape index (κ2) is 6.75. The summed E-state index contributed by atoms with van der Waals surface area (Å²) in [4.78, 5) is 17.3. The molecule has 1 aromatic heterocycles. The number of nitrogens with one attached hydrogen (secondary N) is 1. The van der Waals surface area contributed by atoms with E-state index in [9.17, 15) is 4.79 Å². The van der Waals surface area contributed by atoms with Gasteiger partial charge in [0.2, 0.25) is 0 Å². The quantitative estimate of drug-likeness (QED) is 0.775. The van der Waals surface area contributed by atoms with Gasteiger partial charge in [0, 0.05) is 12.1 Å². The first kappa shape index (κ1) is 15.4. The third-order valence-electron chi connectivity index (χ3n) is 3.69. The normalized spacial score (nSPS) is 10.5. The van der Waals surface area contributed by atoms with Crippen molar-refractivity contribution >= 4 is 17.2 Å². The molecule has 0 bridgehead atoms. The molecule has 0 aliphatic heterocycles. The second-order valence-corrected chi connectivity index (χ2v) is 6.54. The molecule has 1 amide bonds. The average Bonchev–Trinajstić information content (AvgIpc) is 3.05. The molecule has 0 spiro atoms. The van der Waals surface area contributed by atoms with Crippen LogP contribution in [0.5, 0.6) is 0 Å². The Morgan fingerprint density at radius 1 is 1.13 bits per heavy atom. The highest BCUT2D eigenvalue weighted by molar-refractivity contribution is 7.16. The lowest BCUT2D eigenvalue weighted by Gasteiger charge is -2.07. The van der Waals surface area contributed by atoms with Crippen molar-refractivity contribution in [2.24, 2.45) is 0 Å². The Labute approximate surface area is 140 Å². The van der Waals surface area contributed by atoms with Gasteiger partial charge in [-0.1, -0.05) is 54.1 Å². The summed E-state index contributed by atoms with van der Waals surface area (Å²) in [6.07, 6.45) is 1.64. The van der Waals surface area contributed by atoms with Gasteiger partial charge >= 0.3 is 0 Å². The van der Waals surface area contributed by atoms with Crippen molar-refractivity contribution in [2.45, 2.75) is 20.4 Å². The zero-order valence-electron chi connectivity index (χ0n) is 13.2. The number of hydrogen-bond acceptors (Lipinski definition) is 3. The van der Waals surface area contributed by atoms with E-state index in [2.05, 4.69) is 42.3 Å². The molecule has 3 rings (SSSR count). The van der Waals surface area contributed by atoms with Crippen molar-refractivity contribution < 1.29 is 4.79 Å². The van der Waals surface area contributed by atoms with E-state index in [4.69, 9.17) is 0 Å². The predicted molar refractivity (Wildman–Crippen MR) is 94.6 cm³/mol. The van der Waals surface area contributed by atoms with Crippen LogP contribution in [-0.4, -0.2) is 10.9 Å². The van der Waals surface area contributed by atoms with Crippen LogP contribution in [-0.2, 0) is 6.54 Å². The molecule has 0 saturated carbocycles. The fraction of sp³-hybridized carbons (Fsp3) is 0.158. The van der Waals surface area contributed by atoms with Crippen LogP contribution >= 0.6 is 11.3 Å². The number of carbonyl (C=O) groups is 1. The third-order valence-corrected chi connectivity index (χ3v) is 4.73.